The Morgan fingerprint density at radius 1 is 1.08 bits per heavy atom. The molecule has 10 heteroatoms. The van der Waals surface area contributed by atoms with Crippen molar-refractivity contribution in [2.45, 2.75) is 38.8 Å². The summed E-state index contributed by atoms with van der Waals surface area (Å²) in [5, 5.41) is 9.64. The van der Waals surface area contributed by atoms with Crippen molar-refractivity contribution in [3.63, 3.8) is 0 Å². The summed E-state index contributed by atoms with van der Waals surface area (Å²) in [6.07, 6.45) is -1.66. The van der Waals surface area contributed by atoms with Gasteiger partial charge in [-0.05, 0) is 42.3 Å². The molecule has 190 valence electrons. The summed E-state index contributed by atoms with van der Waals surface area (Å²) >= 11 is 0. The van der Waals surface area contributed by atoms with Crippen LogP contribution in [0.15, 0.2) is 51.8 Å². The van der Waals surface area contributed by atoms with Crippen molar-refractivity contribution in [3.05, 3.63) is 69.7 Å². The molecule has 4 rings (SSSR count). The Morgan fingerprint density at radius 3 is 2.58 bits per heavy atom. The maximum absolute atomic E-state index is 13.4. The van der Waals surface area contributed by atoms with E-state index in [1.807, 2.05) is 13.0 Å². The van der Waals surface area contributed by atoms with Crippen LogP contribution in [0.1, 0.15) is 36.5 Å². The molecule has 2 heterocycles. The molecule has 2 aromatic carbocycles. The number of alkyl halides is 3. The lowest BCUT2D eigenvalue weighted by Gasteiger charge is -2.15. The van der Waals surface area contributed by atoms with Crippen LogP contribution in [0.3, 0.4) is 0 Å². The van der Waals surface area contributed by atoms with E-state index in [2.05, 4.69) is 4.98 Å². The Kier molecular flexibility index (Phi) is 7.23. The number of carboxylic acid groups (broad SMARTS) is 1. The van der Waals surface area contributed by atoms with Crippen LogP contribution in [0.5, 0.6) is 11.5 Å². The number of nitrogens with one attached hydrogen (secondary N) is 1. The third kappa shape index (κ3) is 5.48. The second-order valence-corrected chi connectivity index (χ2v) is 8.29. The van der Waals surface area contributed by atoms with Gasteiger partial charge in [-0.2, -0.15) is 13.2 Å². The molecular weight excluding hydrogens is 479 g/mol. The molecule has 0 unspecified atom stereocenters. The number of fused-ring (bicyclic) bond motifs is 2. The number of ether oxygens (including phenoxy) is 2. The molecule has 0 aliphatic carbocycles. The second kappa shape index (κ2) is 10.3. The molecule has 0 saturated heterocycles. The van der Waals surface area contributed by atoms with Crippen molar-refractivity contribution in [1.82, 2.24) is 4.98 Å². The normalized spacial score (nSPS) is 11.8. The number of aromatic nitrogens is 1. The number of benzene rings is 2. The lowest BCUT2D eigenvalue weighted by atomic mass is 10.0. The molecule has 4 aromatic rings. The molecule has 0 saturated carbocycles. The summed E-state index contributed by atoms with van der Waals surface area (Å²) in [7, 11) is 0. The molecule has 0 atom stereocenters. The fraction of sp³-hybridized carbons (Fsp3) is 0.308. The fourth-order valence-electron chi connectivity index (χ4n) is 4.11. The smallest absolute Gasteiger partial charge is 0.417 e. The number of carboxylic acids is 1. The van der Waals surface area contributed by atoms with Crippen molar-refractivity contribution in [2.24, 2.45) is 0 Å². The molecule has 0 amide bonds. The zero-order valence-corrected chi connectivity index (χ0v) is 19.4. The molecule has 0 bridgehead atoms. The van der Waals surface area contributed by atoms with Crippen LogP contribution in [-0.4, -0.2) is 29.3 Å². The molecule has 0 radical (unpaired) electrons. The predicted octanol–water partition coefficient (Wildman–Crippen LogP) is 5.72. The van der Waals surface area contributed by atoms with E-state index in [9.17, 15) is 22.8 Å². The van der Waals surface area contributed by atoms with E-state index in [1.54, 1.807) is 18.3 Å². The van der Waals surface area contributed by atoms with Crippen LogP contribution >= 0.6 is 0 Å². The Balaban J connectivity index is 1.44. The monoisotopic (exact) mass is 503 g/mol. The Labute approximate surface area is 203 Å². The maximum atomic E-state index is 13.4. The Morgan fingerprint density at radius 2 is 1.86 bits per heavy atom. The predicted molar refractivity (Wildman–Crippen MR) is 127 cm³/mol. The number of aliphatic carboxylic acids is 1. The van der Waals surface area contributed by atoms with Crippen molar-refractivity contribution >= 4 is 27.8 Å². The van der Waals surface area contributed by atoms with Gasteiger partial charge in [0.05, 0.1) is 25.2 Å². The SMILES string of the molecule is CCCc1c(OCCCOc2ccc3[nH]cc(CC(=O)O)c3c2)ccc2c(C(F)(F)F)cc(=O)oc12. The van der Waals surface area contributed by atoms with E-state index < -0.39 is 23.3 Å². The van der Waals surface area contributed by atoms with Crippen molar-refractivity contribution in [1.29, 1.82) is 0 Å². The van der Waals surface area contributed by atoms with E-state index >= 15 is 0 Å². The third-order valence-electron chi connectivity index (χ3n) is 5.67. The summed E-state index contributed by atoms with van der Waals surface area (Å²) < 4.78 is 57.1. The van der Waals surface area contributed by atoms with Crippen LogP contribution in [0, 0.1) is 0 Å². The largest absolute Gasteiger partial charge is 0.493 e. The first kappa shape index (κ1) is 25.2. The first-order valence-electron chi connectivity index (χ1n) is 11.4. The van der Waals surface area contributed by atoms with Gasteiger partial charge in [0.1, 0.15) is 17.1 Å². The highest BCUT2D eigenvalue weighted by atomic mass is 19.4. The van der Waals surface area contributed by atoms with E-state index in [0.29, 0.717) is 54.6 Å². The van der Waals surface area contributed by atoms with Gasteiger partial charge in [-0.25, -0.2) is 4.79 Å². The average molecular weight is 503 g/mol. The lowest BCUT2D eigenvalue weighted by molar-refractivity contribution is -0.137. The Bertz CT molecular complexity index is 1450. The number of hydrogen-bond acceptors (Lipinski definition) is 5. The van der Waals surface area contributed by atoms with Crippen molar-refractivity contribution in [3.8, 4) is 11.5 Å². The van der Waals surface area contributed by atoms with E-state index in [4.69, 9.17) is 19.0 Å². The zero-order valence-electron chi connectivity index (χ0n) is 19.4. The van der Waals surface area contributed by atoms with Gasteiger partial charge >= 0.3 is 17.8 Å². The van der Waals surface area contributed by atoms with Gasteiger partial charge in [0.15, 0.2) is 0 Å². The van der Waals surface area contributed by atoms with E-state index in [-0.39, 0.29) is 24.0 Å². The summed E-state index contributed by atoms with van der Waals surface area (Å²) in [5.74, 6) is 0.0101. The van der Waals surface area contributed by atoms with Gasteiger partial charge < -0.3 is 24.0 Å². The number of halogens is 3. The van der Waals surface area contributed by atoms with Gasteiger partial charge in [0, 0.05) is 40.5 Å². The minimum absolute atomic E-state index is 0.103. The Hall–Kier alpha value is -3.95. The van der Waals surface area contributed by atoms with E-state index in [0.717, 1.165) is 10.9 Å². The molecule has 36 heavy (non-hydrogen) atoms. The highest BCUT2D eigenvalue weighted by Gasteiger charge is 2.34. The molecular formula is C26H24F3NO6. The molecule has 0 aliphatic rings. The molecule has 0 aliphatic heterocycles. The highest BCUT2D eigenvalue weighted by molar-refractivity contribution is 5.88. The minimum atomic E-state index is -4.69. The second-order valence-electron chi connectivity index (χ2n) is 8.29. The molecule has 2 aromatic heterocycles. The zero-order chi connectivity index (χ0) is 25.9. The van der Waals surface area contributed by atoms with Crippen molar-refractivity contribution in [2.75, 3.05) is 13.2 Å². The summed E-state index contributed by atoms with van der Waals surface area (Å²) in [6.45, 7) is 2.39. The number of hydrogen-bond donors (Lipinski definition) is 2. The van der Waals surface area contributed by atoms with Crippen LogP contribution in [0.2, 0.25) is 0 Å². The van der Waals surface area contributed by atoms with Gasteiger partial charge in [-0.3, -0.25) is 4.79 Å². The van der Waals surface area contributed by atoms with Gasteiger partial charge in [-0.15, -0.1) is 0 Å². The molecule has 2 N–H and O–H groups in total. The molecule has 0 fully saturated rings. The topological polar surface area (TPSA) is 102 Å². The maximum Gasteiger partial charge on any atom is 0.417 e. The molecule has 7 nitrogen and oxygen atoms in total. The van der Waals surface area contributed by atoms with Gasteiger partial charge in [0.25, 0.3) is 0 Å². The third-order valence-corrected chi connectivity index (χ3v) is 5.67. The number of carbonyl (C=O) groups is 1. The van der Waals surface area contributed by atoms with Crippen LogP contribution in [0.25, 0.3) is 21.9 Å². The number of H-pyrrole nitrogens is 1. The summed E-state index contributed by atoms with van der Waals surface area (Å²) in [4.78, 5) is 25.9. The number of rotatable bonds is 10. The fourth-order valence-corrected chi connectivity index (χ4v) is 4.11. The number of aromatic amines is 1. The van der Waals surface area contributed by atoms with Gasteiger partial charge in [-0.1, -0.05) is 13.3 Å². The van der Waals surface area contributed by atoms with Crippen LogP contribution in [-0.2, 0) is 23.8 Å². The van der Waals surface area contributed by atoms with Crippen LogP contribution < -0.4 is 15.1 Å². The first-order valence-corrected chi connectivity index (χ1v) is 11.4. The minimum Gasteiger partial charge on any atom is -0.493 e. The van der Waals surface area contributed by atoms with Crippen molar-refractivity contribution < 1.29 is 37.0 Å². The van der Waals surface area contributed by atoms with Gasteiger partial charge in [0.2, 0.25) is 0 Å². The standard InChI is InChI=1S/C26H24F3NO6/c1-2-4-18-22(8-6-17-20(26(27,28)29)13-24(33)36-25(17)18)35-10-3-9-34-16-5-7-21-19(12-16)15(14-30-21)11-23(31)32/h5-8,12-14,30H,2-4,9-11H2,1H3,(H,31,32). The van der Waals surface area contributed by atoms with Crippen LogP contribution in [0.4, 0.5) is 13.2 Å². The number of aryl methyl sites for hydroxylation is 1. The summed E-state index contributed by atoms with van der Waals surface area (Å²) in [5.41, 5.74) is -0.320. The lowest BCUT2D eigenvalue weighted by Crippen LogP contribution is -2.12. The summed E-state index contributed by atoms with van der Waals surface area (Å²) in [6, 6.07) is 8.54. The quantitative estimate of drug-likeness (QED) is 0.212. The highest BCUT2D eigenvalue weighted by Crippen LogP contribution is 2.37. The van der Waals surface area contributed by atoms with E-state index in [1.165, 1.54) is 12.1 Å². The average Bonchev–Trinajstić information content (AvgIpc) is 3.20. The molecule has 0 spiro atoms. The first-order chi connectivity index (χ1) is 17.2.